The van der Waals surface area contributed by atoms with Gasteiger partial charge in [-0.05, 0) is 25.0 Å². The maximum atomic E-state index is 9.89. The number of phenolic OH excluding ortho intramolecular Hbond substituents is 1. The van der Waals surface area contributed by atoms with Gasteiger partial charge in [0.25, 0.3) is 5.89 Å². The van der Waals surface area contributed by atoms with Crippen LogP contribution in [0, 0.1) is 0 Å². The molecule has 0 fully saturated rings. The predicted octanol–water partition coefficient (Wildman–Crippen LogP) is 2.69. The van der Waals surface area contributed by atoms with Crippen LogP contribution in [-0.2, 0) is 10.3 Å². The number of phenols is 1. The van der Waals surface area contributed by atoms with Gasteiger partial charge in [0.1, 0.15) is 11.4 Å². The van der Waals surface area contributed by atoms with Crippen LogP contribution in [0.5, 0.6) is 5.75 Å². The van der Waals surface area contributed by atoms with E-state index in [1.165, 1.54) is 6.07 Å². The molecule has 0 spiro atoms. The van der Waals surface area contributed by atoms with Gasteiger partial charge in [-0.25, -0.2) is 0 Å². The molecule has 0 aliphatic rings. The monoisotopic (exact) mass is 277 g/mol. The van der Waals surface area contributed by atoms with Crippen LogP contribution in [0.4, 0.5) is 5.69 Å². The van der Waals surface area contributed by atoms with Crippen molar-refractivity contribution in [1.29, 1.82) is 0 Å². The fourth-order valence-electron chi connectivity index (χ4n) is 2.19. The third-order valence-electron chi connectivity index (χ3n) is 3.62. The Kier molecular flexibility index (Phi) is 3.94. The number of aromatic hydroxyl groups is 1. The number of hydrogen-bond donors (Lipinski definition) is 2. The molecule has 0 bridgehead atoms. The van der Waals surface area contributed by atoms with Gasteiger partial charge in [-0.1, -0.05) is 19.0 Å². The van der Waals surface area contributed by atoms with Crippen LogP contribution >= 0.6 is 0 Å². The fourth-order valence-corrected chi connectivity index (χ4v) is 2.19. The van der Waals surface area contributed by atoms with Crippen molar-refractivity contribution in [3.8, 4) is 17.2 Å². The molecule has 3 N–H and O–H groups in total. The SMILES string of the molecule is CCC(CC)(OC)c1noc(-c2ccc(N)cc2O)n1. The maximum absolute atomic E-state index is 9.89. The zero-order chi connectivity index (χ0) is 14.8. The Morgan fingerprint density at radius 2 is 2.05 bits per heavy atom. The molecule has 20 heavy (non-hydrogen) atoms. The van der Waals surface area contributed by atoms with Gasteiger partial charge in [0.05, 0.1) is 5.56 Å². The highest BCUT2D eigenvalue weighted by Crippen LogP contribution is 2.34. The van der Waals surface area contributed by atoms with Crippen LogP contribution in [-0.4, -0.2) is 22.4 Å². The third-order valence-corrected chi connectivity index (χ3v) is 3.62. The van der Waals surface area contributed by atoms with E-state index < -0.39 is 5.60 Å². The number of benzene rings is 1. The van der Waals surface area contributed by atoms with E-state index in [1.807, 2.05) is 13.8 Å². The van der Waals surface area contributed by atoms with Crippen LogP contribution in [0.3, 0.4) is 0 Å². The number of nitrogens with two attached hydrogens (primary N) is 1. The topological polar surface area (TPSA) is 94.4 Å². The first-order valence-electron chi connectivity index (χ1n) is 6.54. The molecular weight excluding hydrogens is 258 g/mol. The van der Waals surface area contributed by atoms with Crippen molar-refractivity contribution in [2.45, 2.75) is 32.3 Å². The second-order valence-corrected chi connectivity index (χ2v) is 4.61. The number of nitrogens with zero attached hydrogens (tertiary/aromatic N) is 2. The molecule has 0 unspecified atom stereocenters. The van der Waals surface area contributed by atoms with Gasteiger partial charge in [-0.2, -0.15) is 4.98 Å². The zero-order valence-corrected chi connectivity index (χ0v) is 11.9. The molecule has 0 aliphatic heterocycles. The Bertz CT molecular complexity index is 583. The Labute approximate surface area is 117 Å². The molecule has 1 aromatic heterocycles. The predicted molar refractivity (Wildman–Crippen MR) is 75.1 cm³/mol. The van der Waals surface area contributed by atoms with E-state index in [1.54, 1.807) is 19.2 Å². The van der Waals surface area contributed by atoms with Crippen molar-refractivity contribution < 1.29 is 14.4 Å². The average molecular weight is 277 g/mol. The highest BCUT2D eigenvalue weighted by molar-refractivity contribution is 5.66. The van der Waals surface area contributed by atoms with Gasteiger partial charge in [0, 0.05) is 18.9 Å². The lowest BCUT2D eigenvalue weighted by atomic mass is 9.96. The molecule has 0 amide bonds. The van der Waals surface area contributed by atoms with Gasteiger partial charge in [0.2, 0.25) is 5.82 Å². The molecule has 0 atom stereocenters. The first-order valence-corrected chi connectivity index (χ1v) is 6.54. The summed E-state index contributed by atoms with van der Waals surface area (Å²) < 4.78 is 10.8. The highest BCUT2D eigenvalue weighted by atomic mass is 16.5. The third kappa shape index (κ3) is 2.34. The van der Waals surface area contributed by atoms with Crippen molar-refractivity contribution in [3.05, 3.63) is 24.0 Å². The standard InChI is InChI=1S/C14H19N3O3/c1-4-14(5-2,19-3)13-16-12(20-17-13)10-7-6-9(15)8-11(10)18/h6-8,18H,4-5,15H2,1-3H3. The van der Waals surface area contributed by atoms with Gasteiger partial charge >= 0.3 is 0 Å². The summed E-state index contributed by atoms with van der Waals surface area (Å²) in [7, 11) is 1.63. The van der Waals surface area contributed by atoms with Crippen LogP contribution in [0.15, 0.2) is 22.7 Å². The summed E-state index contributed by atoms with van der Waals surface area (Å²) in [5, 5.41) is 13.9. The number of methoxy groups -OCH3 is 1. The average Bonchev–Trinajstić information content (AvgIpc) is 2.91. The minimum absolute atomic E-state index is 0.0104. The van der Waals surface area contributed by atoms with Crippen molar-refractivity contribution >= 4 is 5.69 Å². The summed E-state index contributed by atoms with van der Waals surface area (Å²) >= 11 is 0. The summed E-state index contributed by atoms with van der Waals surface area (Å²) in [5.74, 6) is 0.744. The Morgan fingerprint density at radius 1 is 1.35 bits per heavy atom. The molecule has 1 heterocycles. The lowest BCUT2D eigenvalue weighted by molar-refractivity contribution is -0.0306. The number of anilines is 1. The molecule has 0 aliphatic carbocycles. The van der Waals surface area contributed by atoms with E-state index >= 15 is 0 Å². The summed E-state index contributed by atoms with van der Waals surface area (Å²) in [4.78, 5) is 4.35. The quantitative estimate of drug-likeness (QED) is 0.816. The molecule has 108 valence electrons. The molecule has 6 heteroatoms. The summed E-state index contributed by atoms with van der Waals surface area (Å²) in [6.45, 7) is 4.01. The smallest absolute Gasteiger partial charge is 0.261 e. The first-order chi connectivity index (χ1) is 9.56. The molecule has 0 saturated heterocycles. The molecular formula is C14H19N3O3. The number of hydrogen-bond acceptors (Lipinski definition) is 6. The largest absolute Gasteiger partial charge is 0.507 e. The van der Waals surface area contributed by atoms with E-state index in [9.17, 15) is 5.11 Å². The number of ether oxygens (including phenoxy) is 1. The van der Waals surface area contributed by atoms with E-state index in [0.717, 1.165) is 12.8 Å². The van der Waals surface area contributed by atoms with E-state index in [2.05, 4.69) is 10.1 Å². The normalized spacial score (nSPS) is 11.8. The number of aromatic nitrogens is 2. The van der Waals surface area contributed by atoms with Gasteiger partial charge in [0.15, 0.2) is 0 Å². The van der Waals surface area contributed by atoms with E-state index in [-0.39, 0.29) is 11.6 Å². The van der Waals surface area contributed by atoms with Crippen LogP contribution in [0.1, 0.15) is 32.5 Å². The van der Waals surface area contributed by atoms with Crippen molar-refractivity contribution in [2.24, 2.45) is 0 Å². The fraction of sp³-hybridized carbons (Fsp3) is 0.429. The van der Waals surface area contributed by atoms with E-state index in [0.29, 0.717) is 17.1 Å². The van der Waals surface area contributed by atoms with Crippen molar-refractivity contribution in [2.75, 3.05) is 12.8 Å². The van der Waals surface area contributed by atoms with Crippen LogP contribution < -0.4 is 5.73 Å². The van der Waals surface area contributed by atoms with Crippen LogP contribution in [0.25, 0.3) is 11.5 Å². The zero-order valence-electron chi connectivity index (χ0n) is 11.9. The Hall–Kier alpha value is -2.08. The van der Waals surface area contributed by atoms with Crippen molar-refractivity contribution in [1.82, 2.24) is 10.1 Å². The molecule has 2 rings (SSSR count). The van der Waals surface area contributed by atoms with Gasteiger partial charge in [-0.3, -0.25) is 0 Å². The van der Waals surface area contributed by atoms with E-state index in [4.69, 9.17) is 15.0 Å². The molecule has 6 nitrogen and oxygen atoms in total. The number of nitrogen functional groups attached to an aromatic ring is 1. The Balaban J connectivity index is 2.42. The summed E-state index contributed by atoms with van der Waals surface area (Å²) in [5.41, 5.74) is 5.96. The van der Waals surface area contributed by atoms with Crippen LogP contribution in [0.2, 0.25) is 0 Å². The summed E-state index contributed by atoms with van der Waals surface area (Å²) in [6, 6.07) is 4.76. The molecule has 1 aromatic carbocycles. The minimum Gasteiger partial charge on any atom is -0.507 e. The van der Waals surface area contributed by atoms with Gasteiger partial charge < -0.3 is 20.1 Å². The lowest BCUT2D eigenvalue weighted by Crippen LogP contribution is -2.28. The maximum Gasteiger partial charge on any atom is 0.261 e. The highest BCUT2D eigenvalue weighted by Gasteiger charge is 2.34. The molecule has 0 saturated carbocycles. The minimum atomic E-state index is -0.564. The lowest BCUT2D eigenvalue weighted by Gasteiger charge is -2.25. The molecule has 0 radical (unpaired) electrons. The second-order valence-electron chi connectivity index (χ2n) is 4.61. The number of rotatable bonds is 5. The molecule has 2 aromatic rings. The van der Waals surface area contributed by atoms with Gasteiger partial charge in [-0.15, -0.1) is 0 Å². The Morgan fingerprint density at radius 3 is 2.60 bits per heavy atom. The van der Waals surface area contributed by atoms with Crippen molar-refractivity contribution in [3.63, 3.8) is 0 Å². The summed E-state index contributed by atoms with van der Waals surface area (Å²) in [6.07, 6.45) is 1.46. The first kappa shape index (κ1) is 14.3. The second kappa shape index (κ2) is 5.50.